The van der Waals surface area contributed by atoms with Crippen LogP contribution in [0.1, 0.15) is 74.2 Å². The maximum absolute atomic E-state index is 12.9. The number of hydrogen-bond donors (Lipinski definition) is 5. The average Bonchev–Trinajstić information content (AvgIpc) is 3.88. The van der Waals surface area contributed by atoms with Crippen molar-refractivity contribution in [2.75, 3.05) is 23.8 Å². The number of Topliss-reactive ketones (excluding diaryl/α,β-unsaturated/α-hetero) is 1. The topological polar surface area (TPSA) is 185 Å². The van der Waals surface area contributed by atoms with Gasteiger partial charge in [0.2, 0.25) is 17.7 Å². The molecule has 1 atom stereocenters. The molecule has 52 heavy (non-hydrogen) atoms. The Morgan fingerprint density at radius 3 is 2.23 bits per heavy atom. The number of rotatable bonds is 16. The number of carboxylic acid groups (broad SMARTS) is 1. The van der Waals surface area contributed by atoms with Crippen LogP contribution in [0.2, 0.25) is 5.02 Å². The molecule has 0 aliphatic heterocycles. The molecule has 5 N–H and O–H groups in total. The van der Waals surface area contributed by atoms with Crippen LogP contribution in [0.5, 0.6) is 6.01 Å². The monoisotopic (exact) mass is 745 g/mol. The van der Waals surface area contributed by atoms with Gasteiger partial charge in [0, 0.05) is 29.2 Å². The van der Waals surface area contributed by atoms with Gasteiger partial charge in [0.15, 0.2) is 6.61 Å². The minimum atomic E-state index is -4.63. The van der Waals surface area contributed by atoms with Crippen molar-refractivity contribution < 1.29 is 42.2 Å². The third-order valence-electron chi connectivity index (χ3n) is 9.07. The summed E-state index contributed by atoms with van der Waals surface area (Å²) in [6.07, 6.45) is 0.625. The predicted molar refractivity (Wildman–Crippen MR) is 184 cm³/mol. The van der Waals surface area contributed by atoms with Crippen molar-refractivity contribution in [3.05, 3.63) is 64.7 Å². The van der Waals surface area contributed by atoms with Crippen LogP contribution >= 0.6 is 11.6 Å². The van der Waals surface area contributed by atoms with Crippen LogP contribution < -0.4 is 26.0 Å². The average molecular weight is 746 g/mol. The fourth-order valence-electron chi connectivity index (χ4n) is 5.92. The second kappa shape index (κ2) is 16.6. The van der Waals surface area contributed by atoms with Gasteiger partial charge in [-0.1, -0.05) is 43.5 Å². The number of carbonyl (C=O) groups is 4. The summed E-state index contributed by atoms with van der Waals surface area (Å²) in [7, 11) is 0. The van der Waals surface area contributed by atoms with E-state index in [1.165, 1.54) is 24.3 Å². The van der Waals surface area contributed by atoms with E-state index in [1.54, 1.807) is 12.1 Å². The number of ether oxygens (including phenoxy) is 1. The number of nitrogens with one attached hydrogen (secondary N) is 4. The standard InChI is InChI=1S/C35H39ClF3N7O6/c1-20-2-4-21(5-3-20)18-27(47)29(49)40-17-14-26(30(50)51)42-28(48)22-6-12-25(13-7-22)41-31-43-32(45-33(44-31)52-19-35(37,38)39)46-34(15-16-34)23-8-10-24(36)11-9-23/h6-13,20-21,26H,2-5,14-19H2,1H3,(H,40,49)(H,42,48)(H,50,51)(H2,41,43,44,45,46)/t20?,21?,26-/m0/s1. The molecular formula is C35H39ClF3N7O6. The van der Waals surface area contributed by atoms with E-state index in [1.807, 2.05) is 12.1 Å². The number of ketones is 1. The zero-order valence-electron chi connectivity index (χ0n) is 28.3. The Bertz CT molecular complexity index is 1750. The van der Waals surface area contributed by atoms with E-state index < -0.39 is 53.9 Å². The van der Waals surface area contributed by atoms with Gasteiger partial charge in [0.1, 0.15) is 6.04 Å². The number of halogens is 4. The van der Waals surface area contributed by atoms with E-state index in [0.717, 1.165) is 31.2 Å². The molecule has 0 bridgehead atoms. The summed E-state index contributed by atoms with van der Waals surface area (Å²) in [6, 6.07) is 10.9. The van der Waals surface area contributed by atoms with Gasteiger partial charge >= 0.3 is 18.2 Å². The van der Waals surface area contributed by atoms with Crippen molar-refractivity contribution in [1.82, 2.24) is 25.6 Å². The molecule has 0 radical (unpaired) electrons. The summed E-state index contributed by atoms with van der Waals surface area (Å²) in [5.41, 5.74) is 0.787. The number of alkyl halides is 3. The molecule has 2 saturated carbocycles. The lowest BCUT2D eigenvalue weighted by molar-refractivity contribution is -0.154. The highest BCUT2D eigenvalue weighted by Gasteiger charge is 2.45. The van der Waals surface area contributed by atoms with E-state index >= 15 is 0 Å². The zero-order chi connectivity index (χ0) is 37.5. The van der Waals surface area contributed by atoms with E-state index in [4.69, 9.17) is 16.3 Å². The number of benzene rings is 2. The number of carboxylic acids is 1. The second-order valence-corrected chi connectivity index (χ2v) is 13.7. The Balaban J connectivity index is 1.18. The molecule has 5 rings (SSSR count). The van der Waals surface area contributed by atoms with Gasteiger partial charge < -0.3 is 31.1 Å². The molecule has 2 aliphatic rings. The molecule has 17 heteroatoms. The van der Waals surface area contributed by atoms with Crippen LogP contribution in [0.4, 0.5) is 30.8 Å². The highest BCUT2D eigenvalue weighted by Crippen LogP contribution is 2.48. The predicted octanol–water partition coefficient (Wildman–Crippen LogP) is 5.79. The maximum atomic E-state index is 12.9. The van der Waals surface area contributed by atoms with E-state index in [0.29, 0.717) is 29.5 Å². The normalized spacial score (nSPS) is 18.4. The zero-order valence-corrected chi connectivity index (χ0v) is 29.0. The summed E-state index contributed by atoms with van der Waals surface area (Å²) in [4.78, 5) is 61.7. The molecular weight excluding hydrogens is 707 g/mol. The fourth-order valence-corrected chi connectivity index (χ4v) is 6.05. The number of aliphatic carboxylic acids is 1. The highest BCUT2D eigenvalue weighted by molar-refractivity contribution is 6.36. The van der Waals surface area contributed by atoms with Gasteiger partial charge in [0.05, 0.1) is 5.54 Å². The third kappa shape index (κ3) is 11.0. The van der Waals surface area contributed by atoms with Crippen LogP contribution in [0, 0.1) is 11.8 Å². The van der Waals surface area contributed by atoms with Crippen molar-refractivity contribution >= 4 is 52.8 Å². The van der Waals surface area contributed by atoms with Gasteiger partial charge in [-0.2, -0.15) is 28.1 Å². The summed E-state index contributed by atoms with van der Waals surface area (Å²) < 4.78 is 43.6. The van der Waals surface area contributed by atoms with Gasteiger partial charge in [0.25, 0.3) is 11.8 Å². The number of carbonyl (C=O) groups excluding carboxylic acids is 3. The molecule has 0 spiro atoms. The van der Waals surface area contributed by atoms with Crippen LogP contribution in [0.25, 0.3) is 0 Å². The maximum Gasteiger partial charge on any atom is 0.422 e. The molecule has 2 aromatic carbocycles. The molecule has 2 aliphatic carbocycles. The first-order valence-corrected chi connectivity index (χ1v) is 17.3. The lowest BCUT2D eigenvalue weighted by atomic mass is 9.80. The quantitative estimate of drug-likeness (QED) is 0.112. The molecule has 0 saturated heterocycles. The first-order chi connectivity index (χ1) is 24.7. The molecule has 1 aromatic heterocycles. The smallest absolute Gasteiger partial charge is 0.422 e. The number of amides is 2. The number of hydrogen-bond acceptors (Lipinski definition) is 10. The number of aromatic nitrogens is 3. The van der Waals surface area contributed by atoms with Gasteiger partial charge in [-0.25, -0.2) is 4.79 Å². The molecule has 13 nitrogen and oxygen atoms in total. The van der Waals surface area contributed by atoms with E-state index in [-0.39, 0.29) is 42.8 Å². The summed E-state index contributed by atoms with van der Waals surface area (Å²) in [5, 5.41) is 21.1. The number of anilines is 3. The lowest BCUT2D eigenvalue weighted by Crippen LogP contribution is -2.43. The SMILES string of the molecule is CC1CCC(CC(=O)C(=O)NCC[C@H](NC(=O)c2ccc(Nc3nc(NC4(c5ccc(Cl)cc5)CC4)nc(OCC(F)(F)F)n3)cc2)C(=O)O)CC1. The second-order valence-electron chi connectivity index (χ2n) is 13.2. The Kier molecular flexibility index (Phi) is 12.2. The summed E-state index contributed by atoms with van der Waals surface area (Å²) in [5.74, 6) is -2.73. The van der Waals surface area contributed by atoms with Gasteiger partial charge in [-0.05, 0) is 85.9 Å². The third-order valence-corrected chi connectivity index (χ3v) is 9.32. The molecule has 2 fully saturated rings. The lowest BCUT2D eigenvalue weighted by Gasteiger charge is -2.25. The number of nitrogens with zero attached hydrogens (tertiary/aromatic N) is 3. The Morgan fingerprint density at radius 2 is 1.62 bits per heavy atom. The molecule has 2 amide bonds. The Morgan fingerprint density at radius 1 is 0.962 bits per heavy atom. The molecule has 278 valence electrons. The van der Waals surface area contributed by atoms with Gasteiger partial charge in [-0.15, -0.1) is 0 Å². The van der Waals surface area contributed by atoms with Crippen molar-refractivity contribution in [2.45, 2.75) is 76.0 Å². The summed E-state index contributed by atoms with van der Waals surface area (Å²) in [6.45, 7) is 0.407. The first kappa shape index (κ1) is 38.2. The minimum Gasteiger partial charge on any atom is -0.480 e. The van der Waals surface area contributed by atoms with Crippen LogP contribution in [-0.2, 0) is 19.9 Å². The largest absolute Gasteiger partial charge is 0.480 e. The molecule has 1 heterocycles. The Hall–Kier alpha value is -4.99. The van der Waals surface area contributed by atoms with Crippen molar-refractivity contribution in [3.8, 4) is 6.01 Å². The first-order valence-electron chi connectivity index (χ1n) is 16.9. The molecule has 3 aromatic rings. The highest BCUT2D eigenvalue weighted by atomic mass is 35.5. The minimum absolute atomic E-state index is 0.0303. The fraction of sp³-hybridized carbons (Fsp3) is 0.457. The van der Waals surface area contributed by atoms with Crippen molar-refractivity contribution in [1.29, 1.82) is 0 Å². The summed E-state index contributed by atoms with van der Waals surface area (Å²) >= 11 is 6.02. The van der Waals surface area contributed by atoms with Gasteiger partial charge in [-0.3, -0.25) is 14.4 Å². The van der Waals surface area contributed by atoms with E-state index in [2.05, 4.69) is 43.1 Å². The molecule has 0 unspecified atom stereocenters. The van der Waals surface area contributed by atoms with E-state index in [9.17, 15) is 37.5 Å². The Labute approximate surface area is 302 Å². The van der Waals surface area contributed by atoms with Crippen LogP contribution in [0.15, 0.2) is 48.5 Å². The van der Waals surface area contributed by atoms with Crippen LogP contribution in [-0.4, -0.2) is 69.0 Å². The van der Waals surface area contributed by atoms with Crippen molar-refractivity contribution in [2.24, 2.45) is 11.8 Å². The van der Waals surface area contributed by atoms with Crippen molar-refractivity contribution in [3.63, 3.8) is 0 Å². The van der Waals surface area contributed by atoms with Crippen LogP contribution in [0.3, 0.4) is 0 Å².